The minimum absolute atomic E-state index is 0.0562. The van der Waals surface area contributed by atoms with Gasteiger partial charge in [-0.05, 0) is 17.7 Å². The van der Waals surface area contributed by atoms with Crippen molar-refractivity contribution in [3.8, 4) is 0 Å². The van der Waals surface area contributed by atoms with Crippen LogP contribution in [0.1, 0.15) is 11.1 Å². The first kappa shape index (κ1) is 13.4. The number of hydrogen-bond donors (Lipinski definition) is 3. The van der Waals surface area contributed by atoms with Gasteiger partial charge >= 0.3 is 12.1 Å². The molecular weight excluding hydrogens is 261 g/mol. The van der Waals surface area contributed by atoms with Crippen LogP contribution < -0.4 is 5.73 Å². The Kier molecular flexibility index (Phi) is 3.23. The maximum absolute atomic E-state index is 12.5. The number of rotatable bonds is 3. The summed E-state index contributed by atoms with van der Waals surface area (Å²) in [6, 6.07) is 2.19. The van der Waals surface area contributed by atoms with Gasteiger partial charge in [-0.15, -0.1) is 0 Å². The van der Waals surface area contributed by atoms with Crippen LogP contribution in [0.5, 0.6) is 0 Å². The highest BCUT2D eigenvalue weighted by molar-refractivity contribution is 5.85. The summed E-state index contributed by atoms with van der Waals surface area (Å²) in [5, 5.41) is 9.27. The average Bonchev–Trinajstić information content (AvgIpc) is 2.70. The van der Waals surface area contributed by atoms with Gasteiger partial charge in [0.25, 0.3) is 0 Å². The largest absolute Gasteiger partial charge is 0.480 e. The number of carboxylic acids is 1. The van der Waals surface area contributed by atoms with Gasteiger partial charge in [0.05, 0.1) is 5.56 Å². The Hall–Kier alpha value is -2.02. The molecule has 0 saturated carbocycles. The van der Waals surface area contributed by atoms with E-state index >= 15 is 0 Å². The zero-order chi connectivity index (χ0) is 14.2. The third kappa shape index (κ3) is 2.70. The van der Waals surface area contributed by atoms with E-state index in [2.05, 4.69) is 4.98 Å². The standard InChI is InChI=1S/C12H11F3N2O2/c13-12(14,15)7-1-2-8-6(3-9(16)11(18)19)5-17-10(8)4-7/h1-2,4-5,9,17H,3,16H2,(H,18,19). The summed E-state index contributed by atoms with van der Waals surface area (Å²) in [6.45, 7) is 0. The third-order valence-electron chi connectivity index (χ3n) is 2.85. The highest BCUT2D eigenvalue weighted by Crippen LogP contribution is 2.32. The number of aromatic amines is 1. The van der Waals surface area contributed by atoms with Crippen LogP contribution in [0, 0.1) is 0 Å². The van der Waals surface area contributed by atoms with E-state index in [1.807, 2.05) is 0 Å². The molecule has 0 saturated heterocycles. The maximum Gasteiger partial charge on any atom is 0.416 e. The van der Waals surface area contributed by atoms with E-state index in [1.54, 1.807) is 0 Å². The van der Waals surface area contributed by atoms with Crippen LogP contribution in [0.2, 0.25) is 0 Å². The monoisotopic (exact) mass is 272 g/mol. The second-order valence-electron chi connectivity index (χ2n) is 4.22. The van der Waals surface area contributed by atoms with E-state index in [0.717, 1.165) is 12.1 Å². The Bertz CT molecular complexity index is 619. The molecular formula is C12H11F3N2O2. The van der Waals surface area contributed by atoms with Gasteiger partial charge < -0.3 is 15.8 Å². The quantitative estimate of drug-likeness (QED) is 0.801. The molecule has 0 fully saturated rings. The number of nitrogens with one attached hydrogen (secondary N) is 1. The van der Waals surface area contributed by atoms with E-state index < -0.39 is 23.8 Å². The molecule has 102 valence electrons. The highest BCUT2D eigenvalue weighted by Gasteiger charge is 2.30. The van der Waals surface area contributed by atoms with Crippen molar-refractivity contribution in [1.82, 2.24) is 4.98 Å². The number of fused-ring (bicyclic) bond motifs is 1. The number of alkyl halides is 3. The van der Waals surface area contributed by atoms with Crippen molar-refractivity contribution in [3.05, 3.63) is 35.5 Å². The van der Waals surface area contributed by atoms with Gasteiger partial charge in [0.15, 0.2) is 0 Å². The van der Waals surface area contributed by atoms with Gasteiger partial charge in [-0.1, -0.05) is 6.07 Å². The number of carboxylic acid groups (broad SMARTS) is 1. The summed E-state index contributed by atoms with van der Waals surface area (Å²) in [5.41, 5.74) is 5.54. The molecule has 0 bridgehead atoms. The Morgan fingerprint density at radius 2 is 2.11 bits per heavy atom. The van der Waals surface area contributed by atoms with E-state index in [1.165, 1.54) is 12.3 Å². The molecule has 4 N–H and O–H groups in total. The smallest absolute Gasteiger partial charge is 0.416 e. The molecule has 1 aromatic carbocycles. The number of H-pyrrole nitrogens is 1. The second-order valence-corrected chi connectivity index (χ2v) is 4.22. The lowest BCUT2D eigenvalue weighted by molar-refractivity contribution is -0.139. The van der Waals surface area contributed by atoms with Crippen LogP contribution in [0.25, 0.3) is 10.9 Å². The second kappa shape index (κ2) is 4.58. The molecule has 2 aromatic rings. The number of aliphatic carboxylic acids is 1. The zero-order valence-corrected chi connectivity index (χ0v) is 9.66. The summed E-state index contributed by atoms with van der Waals surface area (Å²) in [7, 11) is 0. The molecule has 0 amide bonds. The number of benzene rings is 1. The van der Waals surface area contributed by atoms with Crippen molar-refractivity contribution < 1.29 is 23.1 Å². The third-order valence-corrected chi connectivity index (χ3v) is 2.85. The molecule has 4 nitrogen and oxygen atoms in total. The van der Waals surface area contributed by atoms with Gasteiger partial charge in [-0.2, -0.15) is 13.2 Å². The SMILES string of the molecule is NC(Cc1c[nH]c2cc(C(F)(F)F)ccc12)C(=O)O. The number of carbonyl (C=O) groups is 1. The van der Waals surface area contributed by atoms with Crippen LogP contribution in [-0.4, -0.2) is 22.1 Å². The van der Waals surface area contributed by atoms with Crippen molar-refractivity contribution in [3.63, 3.8) is 0 Å². The van der Waals surface area contributed by atoms with Crippen molar-refractivity contribution >= 4 is 16.9 Å². The molecule has 0 radical (unpaired) electrons. The Morgan fingerprint density at radius 1 is 1.42 bits per heavy atom. The molecule has 0 aliphatic carbocycles. The summed E-state index contributed by atoms with van der Waals surface area (Å²) < 4.78 is 37.6. The molecule has 0 aliphatic rings. The van der Waals surface area contributed by atoms with Gasteiger partial charge in [-0.25, -0.2) is 0 Å². The Balaban J connectivity index is 2.37. The molecule has 7 heteroatoms. The van der Waals surface area contributed by atoms with Crippen LogP contribution in [0.15, 0.2) is 24.4 Å². The topological polar surface area (TPSA) is 79.1 Å². The van der Waals surface area contributed by atoms with E-state index in [-0.39, 0.29) is 6.42 Å². The van der Waals surface area contributed by atoms with Gasteiger partial charge in [0, 0.05) is 23.5 Å². The number of halogens is 3. The lowest BCUT2D eigenvalue weighted by atomic mass is 10.0. The molecule has 19 heavy (non-hydrogen) atoms. The van der Waals surface area contributed by atoms with E-state index in [0.29, 0.717) is 16.5 Å². The lowest BCUT2D eigenvalue weighted by Crippen LogP contribution is -2.32. The van der Waals surface area contributed by atoms with Crippen LogP contribution >= 0.6 is 0 Å². The fourth-order valence-corrected chi connectivity index (χ4v) is 1.86. The first-order chi connectivity index (χ1) is 8.79. The summed E-state index contributed by atoms with van der Waals surface area (Å²) in [5.74, 6) is -1.15. The normalized spacial score (nSPS) is 13.7. The Morgan fingerprint density at radius 3 is 2.68 bits per heavy atom. The predicted octanol–water partition coefficient (Wildman–Crippen LogP) is 2.14. The highest BCUT2D eigenvalue weighted by atomic mass is 19.4. The number of aromatic nitrogens is 1. The van der Waals surface area contributed by atoms with Gasteiger partial charge in [0.2, 0.25) is 0 Å². The van der Waals surface area contributed by atoms with Crippen molar-refractivity contribution in [2.24, 2.45) is 5.73 Å². The molecule has 1 atom stereocenters. The first-order valence-electron chi connectivity index (χ1n) is 5.44. The predicted molar refractivity (Wildman–Crippen MR) is 62.6 cm³/mol. The van der Waals surface area contributed by atoms with Crippen LogP contribution in [0.4, 0.5) is 13.2 Å². The van der Waals surface area contributed by atoms with Gasteiger partial charge in [0.1, 0.15) is 6.04 Å². The fraction of sp³-hybridized carbons (Fsp3) is 0.250. The van der Waals surface area contributed by atoms with E-state index in [4.69, 9.17) is 10.8 Å². The van der Waals surface area contributed by atoms with Crippen LogP contribution in [0.3, 0.4) is 0 Å². The first-order valence-corrected chi connectivity index (χ1v) is 5.44. The summed E-state index contributed by atoms with van der Waals surface area (Å²) in [6.07, 6.45) is -2.87. The van der Waals surface area contributed by atoms with E-state index in [9.17, 15) is 18.0 Å². The molecule has 0 spiro atoms. The number of hydrogen-bond acceptors (Lipinski definition) is 2. The minimum atomic E-state index is -4.41. The lowest BCUT2D eigenvalue weighted by Gasteiger charge is -2.07. The van der Waals surface area contributed by atoms with Crippen LogP contribution in [-0.2, 0) is 17.4 Å². The maximum atomic E-state index is 12.5. The zero-order valence-electron chi connectivity index (χ0n) is 9.66. The molecule has 1 unspecified atom stereocenters. The van der Waals surface area contributed by atoms with Gasteiger partial charge in [-0.3, -0.25) is 4.79 Å². The molecule has 2 rings (SSSR count). The average molecular weight is 272 g/mol. The molecule has 1 aromatic heterocycles. The van der Waals surface area contributed by atoms with Crippen molar-refractivity contribution in [2.45, 2.75) is 18.6 Å². The summed E-state index contributed by atoms with van der Waals surface area (Å²) in [4.78, 5) is 13.4. The Labute approximate surface area is 106 Å². The summed E-state index contributed by atoms with van der Waals surface area (Å²) >= 11 is 0. The molecule has 1 heterocycles. The minimum Gasteiger partial charge on any atom is -0.480 e. The van der Waals surface area contributed by atoms with Crippen molar-refractivity contribution in [2.75, 3.05) is 0 Å². The fourth-order valence-electron chi connectivity index (χ4n) is 1.86. The molecule has 0 aliphatic heterocycles. The number of nitrogens with two attached hydrogens (primary N) is 1. The van der Waals surface area contributed by atoms with Crippen molar-refractivity contribution in [1.29, 1.82) is 0 Å².